The van der Waals surface area contributed by atoms with Gasteiger partial charge in [0.15, 0.2) is 0 Å². The van der Waals surface area contributed by atoms with Crippen molar-refractivity contribution in [2.75, 3.05) is 37.7 Å². The number of aliphatic hydroxyl groups excluding tert-OH is 1. The Morgan fingerprint density at radius 1 is 1.14 bits per heavy atom. The first-order valence-electron chi connectivity index (χ1n) is 7.99. The van der Waals surface area contributed by atoms with Crippen molar-refractivity contribution in [3.05, 3.63) is 29.8 Å². The van der Waals surface area contributed by atoms with Crippen LogP contribution in [0.25, 0.3) is 0 Å². The number of carbonyl (C=O) groups excluding carboxylic acids is 1. The van der Waals surface area contributed by atoms with Gasteiger partial charge in [-0.25, -0.2) is 0 Å². The second-order valence-corrected chi connectivity index (χ2v) is 6.22. The molecule has 114 valence electrons. The average molecular weight is 288 g/mol. The molecule has 1 aromatic carbocycles. The Balaban J connectivity index is 1.57. The van der Waals surface area contributed by atoms with Crippen LogP contribution in [0.1, 0.15) is 24.8 Å². The minimum atomic E-state index is 0.0901. The van der Waals surface area contributed by atoms with E-state index in [-0.39, 0.29) is 18.4 Å². The third-order valence-corrected chi connectivity index (χ3v) is 4.63. The Hall–Kier alpha value is -1.39. The van der Waals surface area contributed by atoms with E-state index in [0.717, 1.165) is 18.7 Å². The van der Waals surface area contributed by atoms with E-state index in [1.807, 2.05) is 12.1 Å². The van der Waals surface area contributed by atoms with E-state index >= 15 is 0 Å². The monoisotopic (exact) mass is 288 g/mol. The van der Waals surface area contributed by atoms with Gasteiger partial charge in [0.05, 0.1) is 0 Å². The third-order valence-electron chi connectivity index (χ3n) is 4.63. The van der Waals surface area contributed by atoms with E-state index in [2.05, 4.69) is 17.0 Å². The number of nitrogens with zero attached hydrogens (tertiary/aromatic N) is 2. The molecule has 4 heteroatoms. The van der Waals surface area contributed by atoms with E-state index in [9.17, 15) is 9.90 Å². The van der Waals surface area contributed by atoms with Gasteiger partial charge in [-0.2, -0.15) is 0 Å². The molecule has 2 saturated heterocycles. The van der Waals surface area contributed by atoms with Crippen molar-refractivity contribution in [2.24, 2.45) is 5.92 Å². The molecular formula is C17H24N2O2. The molecule has 1 unspecified atom stereocenters. The summed E-state index contributed by atoms with van der Waals surface area (Å²) < 4.78 is 0. The minimum Gasteiger partial charge on any atom is -0.396 e. The molecule has 2 heterocycles. The van der Waals surface area contributed by atoms with Crippen molar-refractivity contribution in [2.45, 2.75) is 25.7 Å². The molecule has 0 bridgehead atoms. The first-order chi connectivity index (χ1) is 10.3. The summed E-state index contributed by atoms with van der Waals surface area (Å²) >= 11 is 0. The summed E-state index contributed by atoms with van der Waals surface area (Å²) in [4.78, 5) is 16.3. The van der Waals surface area contributed by atoms with Crippen molar-refractivity contribution in [3.8, 4) is 0 Å². The molecule has 2 aliphatic rings. The van der Waals surface area contributed by atoms with Crippen molar-refractivity contribution in [1.29, 1.82) is 0 Å². The lowest BCUT2D eigenvalue weighted by Gasteiger charge is -2.18. The molecule has 1 N–H and O–H groups in total. The second-order valence-electron chi connectivity index (χ2n) is 6.22. The zero-order chi connectivity index (χ0) is 14.7. The average Bonchev–Trinajstić information content (AvgIpc) is 3.15. The molecule has 4 nitrogen and oxygen atoms in total. The number of carbonyl (C=O) groups is 1. The van der Waals surface area contributed by atoms with Crippen LogP contribution in [-0.4, -0.2) is 48.7 Å². The fourth-order valence-corrected chi connectivity index (χ4v) is 3.29. The largest absolute Gasteiger partial charge is 0.396 e. The number of benzene rings is 1. The number of anilines is 1. The van der Waals surface area contributed by atoms with Crippen molar-refractivity contribution in [1.82, 2.24) is 4.90 Å². The van der Waals surface area contributed by atoms with Crippen LogP contribution >= 0.6 is 0 Å². The summed E-state index contributed by atoms with van der Waals surface area (Å²) in [6.45, 7) is 4.35. The summed E-state index contributed by atoms with van der Waals surface area (Å²) in [5.41, 5.74) is 2.29. The Morgan fingerprint density at radius 2 is 1.86 bits per heavy atom. The predicted molar refractivity (Wildman–Crippen MR) is 83.4 cm³/mol. The Labute approximate surface area is 126 Å². The maximum absolute atomic E-state index is 11.9. The summed E-state index contributed by atoms with van der Waals surface area (Å²) in [5.74, 6) is 0.214. The molecule has 1 atom stereocenters. The van der Waals surface area contributed by atoms with Gasteiger partial charge in [0.1, 0.15) is 0 Å². The van der Waals surface area contributed by atoms with Crippen LogP contribution in [0.3, 0.4) is 0 Å². The van der Waals surface area contributed by atoms with Crippen LogP contribution in [-0.2, 0) is 11.2 Å². The highest BCUT2D eigenvalue weighted by Gasteiger charge is 2.29. The highest BCUT2D eigenvalue weighted by molar-refractivity contribution is 5.95. The van der Waals surface area contributed by atoms with E-state index in [0.29, 0.717) is 13.0 Å². The van der Waals surface area contributed by atoms with Crippen molar-refractivity contribution in [3.63, 3.8) is 0 Å². The molecule has 0 aromatic heterocycles. The highest BCUT2D eigenvalue weighted by atomic mass is 16.3. The highest BCUT2D eigenvalue weighted by Crippen LogP contribution is 2.25. The lowest BCUT2D eigenvalue weighted by molar-refractivity contribution is -0.117. The molecular weight excluding hydrogens is 264 g/mol. The Kier molecular flexibility index (Phi) is 4.56. The molecule has 1 aromatic rings. The number of amides is 1. The molecule has 1 amide bonds. The molecule has 2 aliphatic heterocycles. The first kappa shape index (κ1) is 14.5. The van der Waals surface area contributed by atoms with Crippen LogP contribution < -0.4 is 4.90 Å². The van der Waals surface area contributed by atoms with Gasteiger partial charge in [0.25, 0.3) is 0 Å². The maximum atomic E-state index is 11.9. The predicted octanol–water partition coefficient (Wildman–Crippen LogP) is 1.67. The van der Waals surface area contributed by atoms with Gasteiger partial charge in [0, 0.05) is 37.7 Å². The van der Waals surface area contributed by atoms with Gasteiger partial charge in [-0.15, -0.1) is 0 Å². The van der Waals surface area contributed by atoms with Crippen LogP contribution in [0.2, 0.25) is 0 Å². The van der Waals surface area contributed by atoms with Crippen LogP contribution in [0.5, 0.6) is 0 Å². The molecule has 2 fully saturated rings. The maximum Gasteiger partial charge on any atom is 0.227 e. The van der Waals surface area contributed by atoms with Gasteiger partial charge < -0.3 is 14.9 Å². The minimum absolute atomic E-state index is 0.0901. The SMILES string of the molecule is O=C1CC(CO)CN1c1ccc(CCN2CCCC2)cc1. The zero-order valence-corrected chi connectivity index (χ0v) is 12.5. The quantitative estimate of drug-likeness (QED) is 0.896. The lowest BCUT2D eigenvalue weighted by Crippen LogP contribution is -2.25. The summed E-state index contributed by atoms with van der Waals surface area (Å²) in [7, 11) is 0. The van der Waals surface area contributed by atoms with Crippen LogP contribution in [0.15, 0.2) is 24.3 Å². The normalized spacial score (nSPS) is 23.2. The van der Waals surface area contributed by atoms with E-state index in [1.165, 1.54) is 31.5 Å². The first-order valence-corrected chi connectivity index (χ1v) is 7.99. The van der Waals surface area contributed by atoms with Crippen molar-refractivity contribution >= 4 is 11.6 Å². The molecule has 3 rings (SSSR count). The lowest BCUT2D eigenvalue weighted by atomic mass is 10.1. The second kappa shape index (κ2) is 6.58. The van der Waals surface area contributed by atoms with Gasteiger partial charge in [0.2, 0.25) is 5.91 Å². The van der Waals surface area contributed by atoms with Crippen molar-refractivity contribution < 1.29 is 9.90 Å². The zero-order valence-electron chi connectivity index (χ0n) is 12.5. The number of hydrogen-bond donors (Lipinski definition) is 1. The van der Waals surface area contributed by atoms with Gasteiger partial charge in [-0.05, 0) is 50.0 Å². The topological polar surface area (TPSA) is 43.8 Å². The van der Waals surface area contributed by atoms with E-state index in [1.54, 1.807) is 4.90 Å². The molecule has 0 radical (unpaired) electrons. The van der Waals surface area contributed by atoms with Crippen LogP contribution in [0.4, 0.5) is 5.69 Å². The standard InChI is InChI=1S/C17H24N2O2/c20-13-15-11-17(21)19(12-15)16-5-3-14(4-6-16)7-10-18-8-1-2-9-18/h3-6,15,20H,1-2,7-13H2. The number of hydrogen-bond acceptors (Lipinski definition) is 3. The number of aliphatic hydroxyl groups is 1. The van der Waals surface area contributed by atoms with E-state index < -0.39 is 0 Å². The van der Waals surface area contributed by atoms with Gasteiger partial charge in [-0.3, -0.25) is 4.79 Å². The fourth-order valence-electron chi connectivity index (χ4n) is 3.29. The number of rotatable bonds is 5. The third kappa shape index (κ3) is 3.44. The van der Waals surface area contributed by atoms with E-state index in [4.69, 9.17) is 0 Å². The van der Waals surface area contributed by atoms with Crippen LogP contribution in [0, 0.1) is 5.92 Å². The van der Waals surface area contributed by atoms with Gasteiger partial charge in [-0.1, -0.05) is 12.1 Å². The van der Waals surface area contributed by atoms with Gasteiger partial charge >= 0.3 is 0 Å². The molecule has 0 spiro atoms. The molecule has 0 aliphatic carbocycles. The fraction of sp³-hybridized carbons (Fsp3) is 0.588. The summed E-state index contributed by atoms with van der Waals surface area (Å²) in [5, 5.41) is 9.18. The molecule has 21 heavy (non-hydrogen) atoms. The molecule has 0 saturated carbocycles. The Morgan fingerprint density at radius 3 is 2.48 bits per heavy atom. The Bertz CT molecular complexity index is 480. The summed E-state index contributed by atoms with van der Waals surface area (Å²) in [6, 6.07) is 8.34. The summed E-state index contributed by atoms with van der Waals surface area (Å²) in [6.07, 6.45) is 4.21. The smallest absolute Gasteiger partial charge is 0.227 e. The number of likely N-dealkylation sites (tertiary alicyclic amines) is 1.